The van der Waals surface area contributed by atoms with E-state index >= 15 is 0 Å². The predicted octanol–water partition coefficient (Wildman–Crippen LogP) is 3.63. The van der Waals surface area contributed by atoms with Crippen LogP contribution in [0.15, 0.2) is 42.7 Å². The molecule has 104 valence electrons. The minimum Gasteiger partial charge on any atom is -0.280 e. The maximum absolute atomic E-state index is 13.9. The number of hydrogen-bond acceptors (Lipinski definition) is 2. The number of pyridine rings is 1. The van der Waals surface area contributed by atoms with Crippen LogP contribution in [-0.4, -0.2) is 10.2 Å². The van der Waals surface area contributed by atoms with E-state index in [0.717, 1.165) is 12.1 Å². The first kappa shape index (κ1) is 14.6. The van der Waals surface area contributed by atoms with Gasteiger partial charge in [-0.15, -0.1) is 0 Å². The number of rotatable bonds is 4. The van der Waals surface area contributed by atoms with E-state index in [0.29, 0.717) is 5.56 Å². The number of benzene rings is 1. The van der Waals surface area contributed by atoms with Crippen LogP contribution in [0.25, 0.3) is 0 Å². The molecule has 0 spiro atoms. The summed E-state index contributed by atoms with van der Waals surface area (Å²) in [6, 6.07) is 6.88. The summed E-state index contributed by atoms with van der Waals surface area (Å²) in [5, 5.41) is -0.814. The molecule has 1 aromatic heterocycles. The van der Waals surface area contributed by atoms with Crippen LogP contribution < -0.4 is 0 Å². The Balaban J connectivity index is 2.53. The Bertz CT molecular complexity index is 613. The van der Waals surface area contributed by atoms with Gasteiger partial charge in [-0.2, -0.15) is 0 Å². The Morgan fingerprint density at radius 3 is 2.40 bits per heavy atom. The van der Waals surface area contributed by atoms with Crippen LogP contribution >= 0.6 is 11.6 Å². The summed E-state index contributed by atoms with van der Waals surface area (Å²) in [6.07, 6.45) is 3.19. The van der Waals surface area contributed by atoms with E-state index in [1.807, 2.05) is 0 Å². The van der Waals surface area contributed by atoms with Crippen molar-refractivity contribution in [1.29, 1.82) is 0 Å². The van der Waals surface area contributed by atoms with Gasteiger partial charge in [-0.1, -0.05) is 12.1 Å². The molecule has 0 aliphatic heterocycles. The molecule has 0 bridgehead atoms. The van der Waals surface area contributed by atoms with Crippen molar-refractivity contribution in [3.05, 3.63) is 65.5 Å². The smallest absolute Gasteiger partial charge is 0.232 e. The fourth-order valence-corrected chi connectivity index (χ4v) is 2.35. The molecule has 2 aromatic rings. The van der Waals surface area contributed by atoms with E-state index in [1.165, 1.54) is 19.2 Å². The fourth-order valence-electron chi connectivity index (χ4n) is 2.19. The molecule has 1 heterocycles. The molecule has 0 saturated heterocycles. The van der Waals surface area contributed by atoms with Gasteiger partial charge in [0.2, 0.25) is 5.24 Å². The average Bonchev–Trinajstić information content (AvgIpc) is 2.39. The van der Waals surface area contributed by atoms with Crippen LogP contribution in [0.4, 0.5) is 8.78 Å². The maximum atomic E-state index is 13.9. The van der Waals surface area contributed by atoms with Crippen molar-refractivity contribution in [3.8, 4) is 0 Å². The molecule has 0 saturated carbocycles. The first-order valence-electron chi connectivity index (χ1n) is 5.98. The second-order valence-electron chi connectivity index (χ2n) is 4.74. The van der Waals surface area contributed by atoms with Crippen molar-refractivity contribution < 1.29 is 13.6 Å². The summed E-state index contributed by atoms with van der Waals surface area (Å²) >= 11 is 5.62. The van der Waals surface area contributed by atoms with Crippen molar-refractivity contribution in [2.24, 2.45) is 0 Å². The zero-order chi connectivity index (χ0) is 14.8. The highest BCUT2D eigenvalue weighted by atomic mass is 35.5. The summed E-state index contributed by atoms with van der Waals surface area (Å²) < 4.78 is 27.9. The number of aromatic nitrogens is 1. The van der Waals surface area contributed by atoms with Gasteiger partial charge in [-0.25, -0.2) is 8.78 Å². The summed E-state index contributed by atoms with van der Waals surface area (Å²) in [7, 11) is 0. The normalized spacial score (nSPS) is 13.8. The van der Waals surface area contributed by atoms with Crippen molar-refractivity contribution in [2.45, 2.75) is 18.8 Å². The molecule has 0 aliphatic carbocycles. The minimum absolute atomic E-state index is 0.0705. The lowest BCUT2D eigenvalue weighted by atomic mass is 9.78. The molecule has 20 heavy (non-hydrogen) atoms. The lowest BCUT2D eigenvalue weighted by Crippen LogP contribution is -2.34. The molecule has 1 aromatic carbocycles. The van der Waals surface area contributed by atoms with Crippen molar-refractivity contribution in [3.63, 3.8) is 0 Å². The van der Waals surface area contributed by atoms with Crippen LogP contribution in [0.3, 0.4) is 0 Å². The molecular weight excluding hydrogens is 284 g/mol. The number of nitrogens with zero attached hydrogens (tertiary/aromatic N) is 1. The standard InChI is InChI=1S/C15H12ClF2NO/c1-15(14(16)20,8-10-4-3-7-19-9-10)13-11(17)5-2-6-12(13)18/h2-7,9H,8H2,1H3. The molecular formula is C15H12ClF2NO. The molecule has 2 rings (SSSR count). The highest BCUT2D eigenvalue weighted by molar-refractivity contribution is 6.65. The third-order valence-electron chi connectivity index (χ3n) is 3.23. The highest BCUT2D eigenvalue weighted by Crippen LogP contribution is 2.34. The Morgan fingerprint density at radius 1 is 1.25 bits per heavy atom. The van der Waals surface area contributed by atoms with Gasteiger partial charge in [0.25, 0.3) is 0 Å². The number of hydrogen-bond donors (Lipinski definition) is 0. The van der Waals surface area contributed by atoms with Crippen molar-refractivity contribution >= 4 is 16.8 Å². The van der Waals surface area contributed by atoms with Crippen molar-refractivity contribution in [2.75, 3.05) is 0 Å². The number of halogens is 3. The maximum Gasteiger partial charge on any atom is 0.232 e. The van der Waals surface area contributed by atoms with E-state index in [-0.39, 0.29) is 12.0 Å². The molecule has 0 radical (unpaired) electrons. The Morgan fingerprint density at radius 2 is 1.90 bits per heavy atom. The second kappa shape index (κ2) is 5.67. The van der Waals surface area contributed by atoms with Gasteiger partial charge in [-0.3, -0.25) is 9.78 Å². The number of carbonyl (C=O) groups is 1. The SMILES string of the molecule is CC(Cc1cccnc1)(C(=O)Cl)c1c(F)cccc1F. The van der Waals surface area contributed by atoms with E-state index in [9.17, 15) is 13.6 Å². The van der Waals surface area contributed by atoms with Crippen molar-refractivity contribution in [1.82, 2.24) is 4.98 Å². The Kier molecular flexibility index (Phi) is 4.14. The summed E-state index contributed by atoms with van der Waals surface area (Å²) in [6.45, 7) is 1.43. The topological polar surface area (TPSA) is 30.0 Å². The van der Waals surface area contributed by atoms with Gasteiger partial charge < -0.3 is 0 Å². The van der Waals surface area contributed by atoms with Crippen LogP contribution in [0.2, 0.25) is 0 Å². The zero-order valence-electron chi connectivity index (χ0n) is 10.7. The van der Waals surface area contributed by atoms with E-state index in [2.05, 4.69) is 4.98 Å². The molecule has 2 nitrogen and oxygen atoms in total. The van der Waals surface area contributed by atoms with Gasteiger partial charge >= 0.3 is 0 Å². The van der Waals surface area contributed by atoms with Gasteiger partial charge in [-0.05, 0) is 48.7 Å². The third kappa shape index (κ3) is 2.70. The predicted molar refractivity (Wildman–Crippen MR) is 72.5 cm³/mol. The molecule has 5 heteroatoms. The lowest BCUT2D eigenvalue weighted by molar-refractivity contribution is -0.116. The summed E-state index contributed by atoms with van der Waals surface area (Å²) in [5.74, 6) is -1.57. The Hall–Kier alpha value is -1.81. The number of carbonyl (C=O) groups excluding carboxylic acids is 1. The average molecular weight is 296 g/mol. The minimum atomic E-state index is -1.49. The third-order valence-corrected chi connectivity index (χ3v) is 3.65. The molecule has 0 fully saturated rings. The second-order valence-corrected chi connectivity index (χ2v) is 5.08. The van der Waals surface area contributed by atoms with Crippen LogP contribution in [0.5, 0.6) is 0 Å². The summed E-state index contributed by atoms with van der Waals surface area (Å²) in [4.78, 5) is 15.7. The molecule has 1 unspecified atom stereocenters. The highest BCUT2D eigenvalue weighted by Gasteiger charge is 2.39. The van der Waals surface area contributed by atoms with Gasteiger partial charge in [0.05, 0.1) is 5.41 Å². The van der Waals surface area contributed by atoms with E-state index < -0.39 is 22.3 Å². The van der Waals surface area contributed by atoms with Crippen LogP contribution in [0.1, 0.15) is 18.1 Å². The van der Waals surface area contributed by atoms with E-state index in [4.69, 9.17) is 11.6 Å². The zero-order valence-corrected chi connectivity index (χ0v) is 11.5. The fraction of sp³-hybridized carbons (Fsp3) is 0.200. The first-order valence-corrected chi connectivity index (χ1v) is 6.36. The van der Waals surface area contributed by atoms with E-state index in [1.54, 1.807) is 18.3 Å². The Labute approximate surface area is 120 Å². The first-order chi connectivity index (χ1) is 9.45. The van der Waals surface area contributed by atoms with Crippen LogP contribution in [0, 0.1) is 11.6 Å². The monoisotopic (exact) mass is 295 g/mol. The van der Waals surface area contributed by atoms with Crippen LogP contribution in [-0.2, 0) is 16.6 Å². The van der Waals surface area contributed by atoms with Gasteiger partial charge in [0, 0.05) is 18.0 Å². The van der Waals surface area contributed by atoms with Gasteiger partial charge in [0.15, 0.2) is 0 Å². The molecule has 1 atom stereocenters. The largest absolute Gasteiger partial charge is 0.280 e. The molecule has 0 aliphatic rings. The quantitative estimate of drug-likeness (QED) is 0.806. The molecule has 0 N–H and O–H groups in total. The summed E-state index contributed by atoms with van der Waals surface area (Å²) in [5.41, 5.74) is -1.13. The molecule has 0 amide bonds. The lowest BCUT2D eigenvalue weighted by Gasteiger charge is -2.26. The van der Waals surface area contributed by atoms with Gasteiger partial charge in [0.1, 0.15) is 11.6 Å².